The minimum absolute atomic E-state index is 0.107. The molecule has 9 nitrogen and oxygen atoms in total. The average Bonchev–Trinajstić information content (AvgIpc) is 3.59. The number of benzene rings is 3. The van der Waals surface area contributed by atoms with Crippen LogP contribution < -0.4 is 20.1 Å². The summed E-state index contributed by atoms with van der Waals surface area (Å²) in [4.78, 5) is 37.7. The van der Waals surface area contributed by atoms with Gasteiger partial charge in [0, 0.05) is 18.7 Å². The summed E-state index contributed by atoms with van der Waals surface area (Å²) < 4.78 is 7.58. The van der Waals surface area contributed by atoms with E-state index < -0.39 is 16.4 Å². The van der Waals surface area contributed by atoms with Crippen molar-refractivity contribution < 1.29 is 14.1 Å². The highest BCUT2D eigenvalue weighted by Crippen LogP contribution is 2.30. The van der Waals surface area contributed by atoms with Crippen molar-refractivity contribution in [2.75, 3.05) is 6.54 Å². The zero-order valence-electron chi connectivity index (χ0n) is 21.5. The number of nitrogens with one attached hydrogen (secondary N) is 1. The second-order valence-electron chi connectivity index (χ2n) is 8.85. The number of carbonyl (C=O) groups is 1. The van der Waals surface area contributed by atoms with Gasteiger partial charge in [0.05, 0.1) is 20.7 Å². The summed E-state index contributed by atoms with van der Waals surface area (Å²) in [7, 11) is 0. The second-order valence-corrected chi connectivity index (χ2v) is 9.88. The third-order valence-electron chi connectivity index (χ3n) is 6.20. The highest BCUT2D eigenvalue weighted by Gasteiger charge is 2.19. The van der Waals surface area contributed by atoms with E-state index in [2.05, 4.69) is 5.32 Å². The van der Waals surface area contributed by atoms with E-state index in [-0.39, 0.29) is 32.0 Å². The van der Waals surface area contributed by atoms with Crippen LogP contribution in [-0.2, 0) is 11.2 Å². The van der Waals surface area contributed by atoms with Crippen LogP contribution in [0.2, 0.25) is 0 Å². The first-order valence-corrected chi connectivity index (χ1v) is 13.4. The van der Waals surface area contributed by atoms with Gasteiger partial charge >= 0.3 is 0 Å². The quantitative estimate of drug-likeness (QED) is 0.225. The van der Waals surface area contributed by atoms with Crippen LogP contribution in [0.3, 0.4) is 0 Å². The summed E-state index contributed by atoms with van der Waals surface area (Å²) >= 11 is 0.986. The zero-order valence-corrected chi connectivity index (χ0v) is 22.3. The number of furan rings is 1. The third-order valence-corrected chi connectivity index (χ3v) is 7.29. The molecule has 0 aliphatic heterocycles. The van der Waals surface area contributed by atoms with E-state index in [1.807, 2.05) is 36.4 Å². The molecule has 2 aromatic heterocycles. The molecule has 0 saturated carbocycles. The molecule has 0 aliphatic carbocycles. The molecule has 5 rings (SSSR count). The number of thiazole rings is 1. The van der Waals surface area contributed by atoms with Crippen LogP contribution in [0.4, 0.5) is 5.69 Å². The Morgan fingerprint density at radius 3 is 2.39 bits per heavy atom. The van der Waals surface area contributed by atoms with E-state index in [1.54, 1.807) is 60.7 Å². The molecule has 202 valence electrons. The Kier molecular flexibility index (Phi) is 7.99. The molecule has 3 aromatic carbocycles. The van der Waals surface area contributed by atoms with Gasteiger partial charge in [-0.25, -0.2) is 0 Å². The van der Waals surface area contributed by atoms with Gasteiger partial charge in [0.2, 0.25) is 0 Å². The molecule has 0 aliphatic rings. The van der Waals surface area contributed by atoms with Gasteiger partial charge in [-0.3, -0.25) is 24.3 Å². The Hall–Kier alpha value is -5.53. The molecule has 0 fully saturated rings. The van der Waals surface area contributed by atoms with Gasteiger partial charge in [-0.05, 0) is 42.3 Å². The Morgan fingerprint density at radius 1 is 1.00 bits per heavy atom. The lowest BCUT2D eigenvalue weighted by molar-refractivity contribution is -0.384. The first-order valence-electron chi connectivity index (χ1n) is 12.6. The number of nitriles is 1. The molecular weight excluding hydrogens is 540 g/mol. The van der Waals surface area contributed by atoms with Gasteiger partial charge in [0.25, 0.3) is 17.2 Å². The van der Waals surface area contributed by atoms with E-state index in [0.717, 1.165) is 16.9 Å². The Morgan fingerprint density at radius 2 is 1.68 bits per heavy atom. The second kappa shape index (κ2) is 12.1. The fourth-order valence-electron chi connectivity index (χ4n) is 4.26. The van der Waals surface area contributed by atoms with Crippen LogP contribution in [0.5, 0.6) is 0 Å². The van der Waals surface area contributed by atoms with Gasteiger partial charge in [-0.15, -0.1) is 11.3 Å². The highest BCUT2D eigenvalue weighted by molar-refractivity contribution is 7.07. The monoisotopic (exact) mass is 562 g/mol. The van der Waals surface area contributed by atoms with E-state index in [0.29, 0.717) is 24.2 Å². The number of carbonyl (C=O) groups excluding carboxylic acids is 1. The maximum atomic E-state index is 13.6. The van der Waals surface area contributed by atoms with Crippen LogP contribution in [0.15, 0.2) is 106 Å². The van der Waals surface area contributed by atoms with Crippen molar-refractivity contribution in [1.82, 2.24) is 9.88 Å². The molecule has 0 spiro atoms. The topological polar surface area (TPSA) is 131 Å². The lowest BCUT2D eigenvalue weighted by Gasteiger charge is -2.06. The maximum absolute atomic E-state index is 13.6. The van der Waals surface area contributed by atoms with Gasteiger partial charge in [0.15, 0.2) is 5.57 Å². The summed E-state index contributed by atoms with van der Waals surface area (Å²) in [5.41, 5.74) is 1.10. The molecule has 0 unspecified atom stereocenters. The van der Waals surface area contributed by atoms with E-state index >= 15 is 0 Å². The van der Waals surface area contributed by atoms with Gasteiger partial charge in [-0.1, -0.05) is 60.7 Å². The minimum Gasteiger partial charge on any atom is -0.456 e. The fraction of sp³-hybridized carbons (Fsp3) is 0.0645. The van der Waals surface area contributed by atoms with Crippen molar-refractivity contribution in [1.29, 1.82) is 5.26 Å². The molecule has 5 aromatic rings. The summed E-state index contributed by atoms with van der Waals surface area (Å²) in [6, 6.07) is 29.7. The zero-order chi connectivity index (χ0) is 28.8. The molecule has 41 heavy (non-hydrogen) atoms. The maximum Gasteiger partial charge on any atom is 0.280 e. The molecule has 2 heterocycles. The van der Waals surface area contributed by atoms with Crippen LogP contribution in [0.25, 0.3) is 28.7 Å². The predicted molar refractivity (Wildman–Crippen MR) is 156 cm³/mol. The number of hydrogen-bond acceptors (Lipinski definition) is 7. The van der Waals surface area contributed by atoms with E-state index in [9.17, 15) is 25.0 Å². The summed E-state index contributed by atoms with van der Waals surface area (Å²) in [5, 5.41) is 24.2. The molecule has 1 N–H and O–H groups in total. The van der Waals surface area contributed by atoms with Crippen molar-refractivity contribution in [2.45, 2.75) is 6.42 Å². The number of rotatable bonds is 8. The number of amides is 1. The minimum atomic E-state index is -0.586. The van der Waals surface area contributed by atoms with Crippen molar-refractivity contribution in [3.8, 4) is 23.1 Å². The first kappa shape index (κ1) is 27.1. The normalized spacial score (nSPS) is 12.0. The highest BCUT2D eigenvalue weighted by atomic mass is 32.1. The van der Waals surface area contributed by atoms with Crippen molar-refractivity contribution in [3.05, 3.63) is 138 Å². The smallest absolute Gasteiger partial charge is 0.280 e. The van der Waals surface area contributed by atoms with Gasteiger partial charge in [0.1, 0.15) is 22.3 Å². The Bertz CT molecular complexity index is 1950. The molecule has 0 saturated heterocycles. The fourth-order valence-corrected chi connectivity index (χ4v) is 5.34. The molecule has 1 amide bonds. The van der Waals surface area contributed by atoms with E-state index in [1.165, 1.54) is 16.7 Å². The van der Waals surface area contributed by atoms with Crippen molar-refractivity contribution >= 4 is 34.6 Å². The lowest BCUT2D eigenvalue weighted by Crippen LogP contribution is -2.34. The summed E-state index contributed by atoms with van der Waals surface area (Å²) in [5.74, 6) is -0.0301. The number of nitro groups is 1. The van der Waals surface area contributed by atoms with Crippen LogP contribution in [-0.4, -0.2) is 21.9 Å². The molecular formula is C31H22N4O5S. The summed E-state index contributed by atoms with van der Waals surface area (Å²) in [6.07, 6.45) is 2.08. The number of aromatic nitrogens is 1. The first-order chi connectivity index (χ1) is 20.0. The SMILES string of the molecule is N#CC(C(=O)NCCc1ccccc1)=c1sc(=Cc2ccc(-c3ccccc3[N+](=O)[O-])o2)c(=O)n1-c1ccccc1. The number of hydrogen-bond donors (Lipinski definition) is 1. The molecule has 10 heteroatoms. The molecule has 0 bridgehead atoms. The van der Waals surface area contributed by atoms with Crippen LogP contribution in [0.1, 0.15) is 11.3 Å². The molecule has 0 radical (unpaired) electrons. The Labute approximate surface area is 237 Å². The Balaban J connectivity index is 1.57. The van der Waals surface area contributed by atoms with Gasteiger partial charge in [-0.2, -0.15) is 5.26 Å². The van der Waals surface area contributed by atoms with Gasteiger partial charge < -0.3 is 9.73 Å². The van der Waals surface area contributed by atoms with Crippen LogP contribution in [0, 0.1) is 21.4 Å². The predicted octanol–water partition coefficient (Wildman–Crippen LogP) is 3.93. The lowest BCUT2D eigenvalue weighted by atomic mass is 10.1. The number of para-hydroxylation sites is 2. The van der Waals surface area contributed by atoms with Crippen LogP contribution >= 0.6 is 11.3 Å². The average molecular weight is 563 g/mol. The number of nitrogens with zero attached hydrogens (tertiary/aromatic N) is 3. The van der Waals surface area contributed by atoms with E-state index in [4.69, 9.17) is 4.42 Å². The number of nitro benzene ring substituents is 1. The molecule has 0 atom stereocenters. The van der Waals surface area contributed by atoms with Crippen molar-refractivity contribution in [3.63, 3.8) is 0 Å². The summed E-state index contributed by atoms with van der Waals surface area (Å²) in [6.45, 7) is 0.314. The largest absolute Gasteiger partial charge is 0.456 e. The van der Waals surface area contributed by atoms with Crippen molar-refractivity contribution in [2.24, 2.45) is 0 Å². The standard InChI is InChI=1S/C31H22N4O5S/c32-20-25(29(36)33-18-17-21-9-3-1-4-10-21)31-34(22-11-5-2-6-12-22)30(37)28(41-31)19-23-15-16-27(40-23)24-13-7-8-14-26(24)35(38)39/h1-16,19H,17-18H2,(H,33,36). The third kappa shape index (κ3) is 5.90.